The van der Waals surface area contributed by atoms with Crippen LogP contribution in [0.2, 0.25) is 0 Å². The Bertz CT molecular complexity index is 1500. The van der Waals surface area contributed by atoms with Crippen LogP contribution in [0.4, 0.5) is 0 Å². The van der Waals surface area contributed by atoms with Crippen LogP contribution >= 0.6 is 0 Å². The van der Waals surface area contributed by atoms with Gasteiger partial charge in [-0.3, -0.25) is 14.7 Å². The van der Waals surface area contributed by atoms with Crippen molar-refractivity contribution in [3.63, 3.8) is 0 Å². The number of carbonyl (C=O) groups is 1. The molecule has 1 saturated carbocycles. The normalized spacial score (nSPS) is 14.0. The molecule has 1 fully saturated rings. The van der Waals surface area contributed by atoms with E-state index in [0.717, 1.165) is 61.0 Å². The summed E-state index contributed by atoms with van der Waals surface area (Å²) < 4.78 is 19.7. The van der Waals surface area contributed by atoms with E-state index >= 15 is 0 Å². The average molecular weight is 823 g/mol. The highest BCUT2D eigenvalue weighted by atomic mass is 16.8. The average Bonchev–Trinajstić information content (AvgIpc) is 3.18. The van der Waals surface area contributed by atoms with Gasteiger partial charge < -0.3 is 25.4 Å². The second-order valence-electron chi connectivity index (χ2n) is 18.6. The van der Waals surface area contributed by atoms with E-state index in [2.05, 4.69) is 119 Å². The zero-order valence-corrected chi connectivity index (χ0v) is 41.1. The molecule has 0 bridgehead atoms. The molecule has 0 saturated heterocycles. The number of aliphatic imine (C=N–C) groups is 1. The first kappa shape index (κ1) is 55.9. The molecule has 2 aromatic carbocycles. The lowest BCUT2D eigenvalue weighted by molar-refractivity contribution is -0.200. The van der Waals surface area contributed by atoms with Gasteiger partial charge in [0, 0.05) is 47.3 Å². The second-order valence-corrected chi connectivity index (χ2v) is 18.6. The van der Waals surface area contributed by atoms with Crippen LogP contribution in [0.15, 0.2) is 29.3 Å². The van der Waals surface area contributed by atoms with Gasteiger partial charge in [-0.25, -0.2) is 0 Å². The number of hydrogen-bond acceptors (Lipinski definition) is 8. The maximum Gasteiger partial charge on any atom is 0.361 e. The molecule has 2 aromatic rings. The van der Waals surface area contributed by atoms with Crippen molar-refractivity contribution in [3.8, 4) is 11.5 Å². The highest BCUT2D eigenvalue weighted by molar-refractivity contribution is 5.85. The largest absolute Gasteiger partial charge is 0.431 e. The Hall–Kier alpha value is -3.07. The van der Waals surface area contributed by atoms with E-state index in [4.69, 9.17) is 24.6 Å². The van der Waals surface area contributed by atoms with Crippen molar-refractivity contribution in [3.05, 3.63) is 57.6 Å². The number of nitrogens with zero attached hydrogens (tertiary/aromatic N) is 2. The third-order valence-corrected chi connectivity index (χ3v) is 10.0. The minimum atomic E-state index is -1.24. The molecule has 0 amide bonds. The van der Waals surface area contributed by atoms with Gasteiger partial charge in [0.05, 0.1) is 0 Å². The predicted molar refractivity (Wildman–Crippen MR) is 256 cm³/mol. The highest BCUT2D eigenvalue weighted by Crippen LogP contribution is 2.40. The fraction of sp³-hybridized carbons (Fsp3) is 0.706. The predicted octanol–water partition coefficient (Wildman–Crippen LogP) is 13.1. The van der Waals surface area contributed by atoms with Crippen LogP contribution in [0.5, 0.6) is 11.5 Å². The van der Waals surface area contributed by atoms with Gasteiger partial charge in [0.2, 0.25) is 0 Å². The number of rotatable bonds is 18. The lowest BCUT2D eigenvalue weighted by Gasteiger charge is -2.31. The van der Waals surface area contributed by atoms with Gasteiger partial charge >= 0.3 is 6.48 Å². The van der Waals surface area contributed by atoms with Gasteiger partial charge in [0.25, 0.3) is 0 Å². The summed E-state index contributed by atoms with van der Waals surface area (Å²) in [6, 6.07) is 8.93. The molecular formula is C51H90N4O4. The summed E-state index contributed by atoms with van der Waals surface area (Å²) in [5, 5.41) is 8.47. The monoisotopic (exact) mass is 823 g/mol. The number of nitrogens with two attached hydrogens (primary N) is 1. The number of ketones is 1. The number of carbonyl (C=O) groups excluding carboxylic acids is 1. The Balaban J connectivity index is 0.00000341. The standard InChI is InChI=1S/C43H67N3O4.C5H12.C2H6.CH5N/c1-13-20-46(21-14-2)28-33-24-34(41(4,5)6)22-31(26-44)38(33)49-40(48-29-30(3)47)50-39-32(27-45-36-18-16-15-17-19-36)23-35(42(7,8)9)25-37(39)43(10,11)12;1-3-5-4-2;2*1-2/h22-27,36,40,44H,13-21,28-29H2,1-12H3;3-5H2,1-2H3;1-2H3;2H2,1H3. The first-order chi connectivity index (χ1) is 27.8. The molecule has 0 heterocycles. The number of hydrogen-bond donors (Lipinski definition) is 2. The van der Waals surface area contributed by atoms with Crippen molar-refractivity contribution in [2.45, 2.75) is 210 Å². The Morgan fingerprint density at radius 1 is 0.780 bits per heavy atom. The minimum absolute atomic E-state index is 0.0988. The van der Waals surface area contributed by atoms with Gasteiger partial charge in [-0.05, 0) is 92.2 Å². The summed E-state index contributed by atoms with van der Waals surface area (Å²) in [6.07, 6.45) is 15.3. The van der Waals surface area contributed by atoms with Crippen molar-refractivity contribution in [2.24, 2.45) is 10.7 Å². The van der Waals surface area contributed by atoms with Crippen LogP contribution in [0.1, 0.15) is 208 Å². The summed E-state index contributed by atoms with van der Waals surface area (Å²) in [7, 11) is 1.50. The lowest BCUT2D eigenvalue weighted by Crippen LogP contribution is -2.33. The van der Waals surface area contributed by atoms with Crippen LogP contribution < -0.4 is 15.2 Å². The molecule has 1 aliphatic carbocycles. The van der Waals surface area contributed by atoms with Gasteiger partial charge in [-0.1, -0.05) is 155 Å². The second kappa shape index (κ2) is 28.5. The molecule has 8 heteroatoms. The van der Waals surface area contributed by atoms with Gasteiger partial charge in [0.15, 0.2) is 5.78 Å². The highest BCUT2D eigenvalue weighted by Gasteiger charge is 2.30. The molecule has 3 N–H and O–H groups in total. The van der Waals surface area contributed by atoms with Crippen LogP contribution in [0, 0.1) is 5.41 Å². The van der Waals surface area contributed by atoms with Gasteiger partial charge in [-0.2, -0.15) is 0 Å². The van der Waals surface area contributed by atoms with Crippen molar-refractivity contribution < 1.29 is 19.0 Å². The molecule has 0 aromatic heterocycles. The number of Topliss-reactive ketones (excluding diaryl/α,β-unsaturated/α-hetero) is 1. The zero-order chi connectivity index (χ0) is 45.4. The lowest BCUT2D eigenvalue weighted by atomic mass is 9.79. The van der Waals surface area contributed by atoms with Crippen LogP contribution in [-0.2, 0) is 32.3 Å². The van der Waals surface area contributed by atoms with Crippen molar-refractivity contribution >= 4 is 18.2 Å². The van der Waals surface area contributed by atoms with E-state index in [0.29, 0.717) is 29.6 Å². The van der Waals surface area contributed by atoms with E-state index in [1.54, 1.807) is 0 Å². The molecule has 1 atom stereocenters. The van der Waals surface area contributed by atoms with E-state index in [9.17, 15) is 4.79 Å². The number of benzene rings is 2. The molecule has 1 aliphatic rings. The third-order valence-electron chi connectivity index (χ3n) is 10.0. The number of ether oxygens (including phenoxy) is 3. The summed E-state index contributed by atoms with van der Waals surface area (Å²) in [5.74, 6) is 1.05. The quantitative estimate of drug-likeness (QED) is 0.114. The number of nitrogens with one attached hydrogen (secondary N) is 1. The molecule has 3 rings (SSSR count). The SMILES string of the molecule is CC.CCCCC.CCCN(CCC)Cc1cc(C(C)(C)C)cc(C=N)c1OC(OCC(C)=O)Oc1c(C=NC2CCCCC2)cc(C(C)(C)C)cc1C(C)(C)C.CN. The maximum absolute atomic E-state index is 12.3. The molecule has 1 unspecified atom stereocenters. The smallest absolute Gasteiger partial charge is 0.361 e. The van der Waals surface area contributed by atoms with E-state index in [-0.39, 0.29) is 28.6 Å². The Kier molecular flexibility index (Phi) is 27.0. The minimum Gasteiger partial charge on any atom is -0.431 e. The number of unbranched alkanes of at least 4 members (excludes halogenated alkanes) is 2. The molecule has 0 aliphatic heterocycles. The topological polar surface area (TPSA) is 110 Å². The Morgan fingerprint density at radius 3 is 1.73 bits per heavy atom. The van der Waals surface area contributed by atoms with Gasteiger partial charge in [-0.15, -0.1) is 0 Å². The van der Waals surface area contributed by atoms with E-state index < -0.39 is 6.48 Å². The third kappa shape index (κ3) is 20.4. The molecule has 0 spiro atoms. The first-order valence-corrected chi connectivity index (χ1v) is 22.9. The Labute approximate surface area is 363 Å². The molecule has 338 valence electrons. The van der Waals surface area contributed by atoms with Crippen molar-refractivity contribution in [1.82, 2.24) is 4.90 Å². The summed E-state index contributed by atoms with van der Waals surface area (Å²) >= 11 is 0. The van der Waals surface area contributed by atoms with Crippen molar-refractivity contribution in [2.75, 3.05) is 26.7 Å². The van der Waals surface area contributed by atoms with E-state index in [1.165, 1.54) is 64.3 Å². The van der Waals surface area contributed by atoms with Gasteiger partial charge in [0.1, 0.15) is 18.1 Å². The fourth-order valence-corrected chi connectivity index (χ4v) is 6.77. The molecular weight excluding hydrogens is 733 g/mol. The Morgan fingerprint density at radius 2 is 1.29 bits per heavy atom. The van der Waals surface area contributed by atoms with Crippen LogP contribution in [0.3, 0.4) is 0 Å². The summed E-state index contributed by atoms with van der Waals surface area (Å²) in [4.78, 5) is 19.8. The molecule has 0 radical (unpaired) electrons. The van der Waals surface area contributed by atoms with Crippen molar-refractivity contribution in [1.29, 1.82) is 5.41 Å². The first-order valence-electron chi connectivity index (χ1n) is 22.9. The molecule has 8 nitrogen and oxygen atoms in total. The fourth-order valence-electron chi connectivity index (χ4n) is 6.77. The summed E-state index contributed by atoms with van der Waals surface area (Å²) in [6.45, 7) is 35.2. The van der Waals surface area contributed by atoms with Crippen LogP contribution in [0.25, 0.3) is 0 Å². The maximum atomic E-state index is 12.3. The summed E-state index contributed by atoms with van der Waals surface area (Å²) in [5.41, 5.74) is 9.82. The zero-order valence-electron chi connectivity index (χ0n) is 41.1. The molecule has 59 heavy (non-hydrogen) atoms. The van der Waals surface area contributed by atoms with E-state index in [1.807, 2.05) is 26.1 Å². The van der Waals surface area contributed by atoms with Crippen LogP contribution in [-0.4, -0.2) is 62.4 Å².